The van der Waals surface area contributed by atoms with Gasteiger partial charge in [0.05, 0.1) is 18.3 Å². The highest BCUT2D eigenvalue weighted by molar-refractivity contribution is 5.97. The third kappa shape index (κ3) is 5.47. The van der Waals surface area contributed by atoms with Crippen molar-refractivity contribution in [1.82, 2.24) is 10.2 Å². The van der Waals surface area contributed by atoms with Crippen molar-refractivity contribution >= 4 is 5.91 Å². The maximum absolute atomic E-state index is 12.8. The Balaban J connectivity index is 1.33. The number of hydrogen-bond acceptors (Lipinski definition) is 4. The van der Waals surface area contributed by atoms with E-state index in [2.05, 4.69) is 34.5 Å². The van der Waals surface area contributed by atoms with Gasteiger partial charge in [0.1, 0.15) is 11.5 Å². The SMILES string of the molecule is O=C(NCC1CN(Cc2ccccc2)CCO1)c1ccccc1Oc1ccccc1. The van der Waals surface area contributed by atoms with Crippen LogP contribution in [0.15, 0.2) is 84.9 Å². The van der Waals surface area contributed by atoms with Crippen LogP contribution in [0.3, 0.4) is 0 Å². The molecule has 0 bridgehead atoms. The van der Waals surface area contributed by atoms with Crippen molar-refractivity contribution in [1.29, 1.82) is 0 Å². The molecule has 0 spiro atoms. The van der Waals surface area contributed by atoms with Gasteiger partial charge in [0.15, 0.2) is 0 Å². The van der Waals surface area contributed by atoms with Gasteiger partial charge in [0.2, 0.25) is 0 Å². The monoisotopic (exact) mass is 402 g/mol. The summed E-state index contributed by atoms with van der Waals surface area (Å²) < 4.78 is 11.8. The van der Waals surface area contributed by atoms with Crippen molar-refractivity contribution < 1.29 is 14.3 Å². The van der Waals surface area contributed by atoms with E-state index in [0.717, 1.165) is 19.6 Å². The van der Waals surface area contributed by atoms with Gasteiger partial charge in [-0.05, 0) is 29.8 Å². The van der Waals surface area contributed by atoms with Crippen LogP contribution in [0.25, 0.3) is 0 Å². The van der Waals surface area contributed by atoms with E-state index in [0.29, 0.717) is 30.2 Å². The molecule has 1 N–H and O–H groups in total. The van der Waals surface area contributed by atoms with Crippen LogP contribution in [0.4, 0.5) is 0 Å². The van der Waals surface area contributed by atoms with Gasteiger partial charge in [-0.2, -0.15) is 0 Å². The molecule has 30 heavy (non-hydrogen) atoms. The Morgan fingerprint density at radius 2 is 1.67 bits per heavy atom. The molecule has 0 aromatic heterocycles. The molecule has 4 rings (SSSR count). The lowest BCUT2D eigenvalue weighted by Crippen LogP contribution is -2.47. The summed E-state index contributed by atoms with van der Waals surface area (Å²) in [6.07, 6.45) is -0.0337. The second kappa shape index (κ2) is 10.1. The minimum atomic E-state index is -0.162. The Hall–Kier alpha value is -3.15. The van der Waals surface area contributed by atoms with E-state index < -0.39 is 0 Å². The van der Waals surface area contributed by atoms with E-state index in [1.165, 1.54) is 5.56 Å². The highest BCUT2D eigenvalue weighted by Crippen LogP contribution is 2.25. The molecule has 5 nitrogen and oxygen atoms in total. The smallest absolute Gasteiger partial charge is 0.255 e. The lowest BCUT2D eigenvalue weighted by Gasteiger charge is -2.33. The van der Waals surface area contributed by atoms with Crippen LogP contribution < -0.4 is 10.1 Å². The fourth-order valence-corrected chi connectivity index (χ4v) is 3.55. The van der Waals surface area contributed by atoms with Crippen molar-refractivity contribution in [2.24, 2.45) is 0 Å². The van der Waals surface area contributed by atoms with Crippen LogP contribution in [0, 0.1) is 0 Å². The van der Waals surface area contributed by atoms with Crippen molar-refractivity contribution in [2.45, 2.75) is 12.6 Å². The largest absolute Gasteiger partial charge is 0.457 e. The summed E-state index contributed by atoms with van der Waals surface area (Å²) in [4.78, 5) is 15.2. The number of para-hydroxylation sites is 2. The molecule has 3 aromatic carbocycles. The van der Waals surface area contributed by atoms with E-state index in [1.807, 2.05) is 48.5 Å². The molecule has 1 atom stereocenters. The number of benzene rings is 3. The summed E-state index contributed by atoms with van der Waals surface area (Å²) in [5.41, 5.74) is 1.80. The Kier molecular flexibility index (Phi) is 6.75. The number of nitrogens with zero attached hydrogens (tertiary/aromatic N) is 1. The van der Waals surface area contributed by atoms with Gasteiger partial charge >= 0.3 is 0 Å². The predicted molar refractivity (Wildman–Crippen MR) is 117 cm³/mol. The molecule has 0 radical (unpaired) electrons. The van der Waals surface area contributed by atoms with Gasteiger partial charge < -0.3 is 14.8 Å². The molecule has 3 aromatic rings. The van der Waals surface area contributed by atoms with Gasteiger partial charge in [-0.1, -0.05) is 60.7 Å². The molecule has 1 fully saturated rings. The van der Waals surface area contributed by atoms with Crippen LogP contribution in [-0.4, -0.2) is 43.2 Å². The van der Waals surface area contributed by atoms with Crippen LogP contribution in [-0.2, 0) is 11.3 Å². The topological polar surface area (TPSA) is 50.8 Å². The maximum Gasteiger partial charge on any atom is 0.255 e. The Bertz CT molecular complexity index is 947. The fraction of sp³-hybridized carbons (Fsp3) is 0.240. The molecular weight excluding hydrogens is 376 g/mol. The Morgan fingerprint density at radius 1 is 0.967 bits per heavy atom. The molecule has 1 unspecified atom stereocenters. The summed E-state index contributed by atoms with van der Waals surface area (Å²) in [5, 5.41) is 3.01. The molecule has 0 aliphatic carbocycles. The molecule has 154 valence electrons. The second-order valence-corrected chi connectivity index (χ2v) is 7.33. The second-order valence-electron chi connectivity index (χ2n) is 7.33. The number of ether oxygens (including phenoxy) is 2. The first kappa shape index (κ1) is 20.1. The third-order valence-corrected chi connectivity index (χ3v) is 5.06. The summed E-state index contributed by atoms with van der Waals surface area (Å²) in [5.74, 6) is 1.08. The number of morpholine rings is 1. The highest BCUT2D eigenvalue weighted by Gasteiger charge is 2.22. The standard InChI is InChI=1S/C25H26N2O3/c28-25(23-13-7-8-14-24(23)30-21-11-5-2-6-12-21)26-17-22-19-27(15-16-29-22)18-20-9-3-1-4-10-20/h1-14,22H,15-19H2,(H,26,28). The van der Waals surface area contributed by atoms with Crippen molar-refractivity contribution in [3.05, 3.63) is 96.1 Å². The summed E-state index contributed by atoms with van der Waals surface area (Å²) in [7, 11) is 0. The molecule has 1 saturated heterocycles. The molecular formula is C25H26N2O3. The van der Waals surface area contributed by atoms with Crippen molar-refractivity contribution in [3.63, 3.8) is 0 Å². The highest BCUT2D eigenvalue weighted by atomic mass is 16.5. The number of hydrogen-bond donors (Lipinski definition) is 1. The quantitative estimate of drug-likeness (QED) is 0.646. The first-order valence-corrected chi connectivity index (χ1v) is 10.3. The molecule has 0 saturated carbocycles. The van der Waals surface area contributed by atoms with E-state index >= 15 is 0 Å². The first-order valence-electron chi connectivity index (χ1n) is 10.3. The van der Waals surface area contributed by atoms with E-state index in [1.54, 1.807) is 12.1 Å². The molecule has 5 heteroatoms. The first-order chi connectivity index (χ1) is 14.8. The van der Waals surface area contributed by atoms with Gasteiger partial charge in [0, 0.05) is 26.2 Å². The van der Waals surface area contributed by atoms with Gasteiger partial charge in [-0.3, -0.25) is 9.69 Å². The molecule has 1 aliphatic heterocycles. The summed E-state index contributed by atoms with van der Waals surface area (Å²) in [6.45, 7) is 3.71. The van der Waals surface area contributed by atoms with Crippen molar-refractivity contribution in [3.8, 4) is 11.5 Å². The maximum atomic E-state index is 12.8. The number of rotatable bonds is 7. The number of carbonyl (C=O) groups excluding carboxylic acids is 1. The molecule has 1 amide bonds. The zero-order chi connectivity index (χ0) is 20.6. The van der Waals surface area contributed by atoms with Gasteiger partial charge in [-0.25, -0.2) is 0 Å². The molecule has 1 heterocycles. The molecule has 1 aliphatic rings. The van der Waals surface area contributed by atoms with E-state index in [-0.39, 0.29) is 12.0 Å². The zero-order valence-corrected chi connectivity index (χ0v) is 16.9. The average molecular weight is 402 g/mol. The van der Waals surface area contributed by atoms with Crippen LogP contribution >= 0.6 is 0 Å². The van der Waals surface area contributed by atoms with Crippen LogP contribution in [0.2, 0.25) is 0 Å². The predicted octanol–water partition coefficient (Wildman–Crippen LogP) is 4.11. The minimum Gasteiger partial charge on any atom is -0.457 e. The third-order valence-electron chi connectivity index (χ3n) is 5.06. The Labute approximate surface area is 177 Å². The van der Waals surface area contributed by atoms with Crippen LogP contribution in [0.5, 0.6) is 11.5 Å². The normalized spacial score (nSPS) is 16.7. The minimum absolute atomic E-state index is 0.0337. The lowest BCUT2D eigenvalue weighted by molar-refractivity contribution is -0.0292. The number of nitrogens with one attached hydrogen (secondary N) is 1. The number of amides is 1. The average Bonchev–Trinajstić information content (AvgIpc) is 2.79. The van der Waals surface area contributed by atoms with E-state index in [9.17, 15) is 4.79 Å². The van der Waals surface area contributed by atoms with Crippen LogP contribution in [0.1, 0.15) is 15.9 Å². The van der Waals surface area contributed by atoms with Gasteiger partial charge in [0.25, 0.3) is 5.91 Å². The van der Waals surface area contributed by atoms with Crippen molar-refractivity contribution in [2.75, 3.05) is 26.2 Å². The number of carbonyl (C=O) groups is 1. The lowest BCUT2D eigenvalue weighted by atomic mass is 10.1. The summed E-state index contributed by atoms with van der Waals surface area (Å²) >= 11 is 0. The fourth-order valence-electron chi connectivity index (χ4n) is 3.55. The zero-order valence-electron chi connectivity index (χ0n) is 16.9. The Morgan fingerprint density at radius 3 is 2.47 bits per heavy atom. The van der Waals surface area contributed by atoms with E-state index in [4.69, 9.17) is 9.47 Å². The van der Waals surface area contributed by atoms with Gasteiger partial charge in [-0.15, -0.1) is 0 Å². The summed E-state index contributed by atoms with van der Waals surface area (Å²) in [6, 6.07) is 27.2.